The Morgan fingerprint density at radius 1 is 1.32 bits per heavy atom. The second-order valence-corrected chi connectivity index (χ2v) is 6.05. The fourth-order valence-corrected chi connectivity index (χ4v) is 2.85. The molecule has 1 aliphatic rings. The van der Waals surface area contributed by atoms with Crippen LogP contribution in [0.5, 0.6) is 0 Å². The van der Waals surface area contributed by atoms with Crippen LogP contribution in [-0.2, 0) is 4.74 Å². The zero-order valence-corrected chi connectivity index (χ0v) is 12.3. The number of hydrogen-bond donors (Lipinski definition) is 2. The fraction of sp³-hybridized carbons (Fsp3) is 0.625. The van der Waals surface area contributed by atoms with Gasteiger partial charge in [0, 0.05) is 25.3 Å². The Bertz CT molecular complexity index is 417. The molecule has 19 heavy (non-hydrogen) atoms. The predicted molar refractivity (Wildman–Crippen MR) is 80.5 cm³/mol. The summed E-state index contributed by atoms with van der Waals surface area (Å²) in [6, 6.07) is 8.52. The summed E-state index contributed by atoms with van der Waals surface area (Å²) in [5, 5.41) is 3.66. The number of anilines is 1. The normalized spacial score (nSPS) is 31.2. The second-order valence-electron chi connectivity index (χ2n) is 6.05. The number of hydrogen-bond acceptors (Lipinski definition) is 3. The Balaban J connectivity index is 2.16. The number of benzene rings is 1. The van der Waals surface area contributed by atoms with E-state index in [0.29, 0.717) is 6.54 Å². The van der Waals surface area contributed by atoms with E-state index in [0.717, 1.165) is 31.6 Å². The number of ether oxygens (including phenoxy) is 1. The maximum absolute atomic E-state index is 6.07. The van der Waals surface area contributed by atoms with Crippen LogP contribution in [0.25, 0.3) is 0 Å². The molecule has 1 aromatic rings. The lowest BCUT2D eigenvalue weighted by molar-refractivity contribution is -0.0882. The van der Waals surface area contributed by atoms with Crippen LogP contribution in [0.15, 0.2) is 24.3 Å². The average molecular weight is 262 g/mol. The minimum atomic E-state index is -0.0602. The Morgan fingerprint density at radius 3 is 2.58 bits per heavy atom. The quantitative estimate of drug-likeness (QED) is 0.876. The minimum absolute atomic E-state index is 0.0434. The van der Waals surface area contributed by atoms with Crippen molar-refractivity contribution in [3.8, 4) is 0 Å². The lowest BCUT2D eigenvalue weighted by Crippen LogP contribution is -2.55. The van der Waals surface area contributed by atoms with Crippen LogP contribution in [0.2, 0.25) is 0 Å². The highest BCUT2D eigenvalue weighted by Crippen LogP contribution is 2.36. The summed E-state index contributed by atoms with van der Waals surface area (Å²) in [7, 11) is 0. The molecule has 1 aliphatic heterocycles. The Kier molecular flexibility index (Phi) is 4.16. The molecular weight excluding hydrogens is 236 g/mol. The molecule has 3 nitrogen and oxygen atoms in total. The number of nitrogens with two attached hydrogens (primary N) is 1. The predicted octanol–water partition coefficient (Wildman–Crippen LogP) is 3.08. The highest BCUT2D eigenvalue weighted by atomic mass is 16.5. The van der Waals surface area contributed by atoms with Crippen molar-refractivity contribution >= 4 is 5.69 Å². The zero-order valence-electron chi connectivity index (χ0n) is 12.3. The molecule has 2 atom stereocenters. The number of aryl methyl sites for hydroxylation is 1. The van der Waals surface area contributed by atoms with Gasteiger partial charge < -0.3 is 15.8 Å². The van der Waals surface area contributed by atoms with E-state index in [1.54, 1.807) is 0 Å². The first-order valence-corrected chi connectivity index (χ1v) is 7.20. The summed E-state index contributed by atoms with van der Waals surface area (Å²) in [6.45, 7) is 7.89. The lowest BCUT2D eigenvalue weighted by atomic mass is 9.79. The van der Waals surface area contributed by atoms with Crippen molar-refractivity contribution in [1.82, 2.24) is 0 Å². The molecular formula is C16H26N2O. The van der Waals surface area contributed by atoms with Crippen LogP contribution >= 0.6 is 0 Å². The van der Waals surface area contributed by atoms with Gasteiger partial charge >= 0.3 is 0 Å². The van der Waals surface area contributed by atoms with Gasteiger partial charge in [-0.3, -0.25) is 0 Å². The van der Waals surface area contributed by atoms with Crippen LogP contribution in [-0.4, -0.2) is 24.3 Å². The number of rotatable bonds is 4. The summed E-state index contributed by atoms with van der Waals surface area (Å²) >= 11 is 0. The first kappa shape index (κ1) is 14.4. The van der Waals surface area contributed by atoms with E-state index in [9.17, 15) is 0 Å². The van der Waals surface area contributed by atoms with E-state index < -0.39 is 0 Å². The average Bonchev–Trinajstić information content (AvgIpc) is 2.42. The van der Waals surface area contributed by atoms with Gasteiger partial charge in [0.25, 0.3) is 0 Å². The van der Waals surface area contributed by atoms with Gasteiger partial charge in [-0.15, -0.1) is 0 Å². The second kappa shape index (κ2) is 5.51. The SMILES string of the molecule is CCC1(C)CC(CN)(Nc2ccc(C)cc2)CCO1. The van der Waals surface area contributed by atoms with Gasteiger partial charge in [-0.25, -0.2) is 0 Å². The van der Waals surface area contributed by atoms with E-state index in [2.05, 4.69) is 50.4 Å². The summed E-state index contributed by atoms with van der Waals surface area (Å²) in [5.74, 6) is 0. The molecule has 106 valence electrons. The van der Waals surface area contributed by atoms with Crippen LogP contribution < -0.4 is 11.1 Å². The van der Waals surface area contributed by atoms with E-state index >= 15 is 0 Å². The molecule has 1 heterocycles. The lowest BCUT2D eigenvalue weighted by Gasteiger charge is -2.46. The van der Waals surface area contributed by atoms with E-state index in [-0.39, 0.29) is 11.1 Å². The molecule has 0 bridgehead atoms. The van der Waals surface area contributed by atoms with Crippen molar-refractivity contribution < 1.29 is 4.74 Å². The highest BCUT2D eigenvalue weighted by Gasteiger charge is 2.41. The Morgan fingerprint density at radius 2 is 2.00 bits per heavy atom. The van der Waals surface area contributed by atoms with Gasteiger partial charge in [0.1, 0.15) is 0 Å². The third-order valence-corrected chi connectivity index (χ3v) is 4.34. The molecule has 0 aliphatic carbocycles. The monoisotopic (exact) mass is 262 g/mol. The molecule has 3 heteroatoms. The summed E-state index contributed by atoms with van der Waals surface area (Å²) in [4.78, 5) is 0. The van der Waals surface area contributed by atoms with Gasteiger partial charge in [0.05, 0.1) is 11.1 Å². The van der Waals surface area contributed by atoms with Crippen molar-refractivity contribution in [2.75, 3.05) is 18.5 Å². The molecule has 1 aromatic carbocycles. The summed E-state index contributed by atoms with van der Waals surface area (Å²) in [5.41, 5.74) is 8.40. The summed E-state index contributed by atoms with van der Waals surface area (Å²) in [6.07, 6.45) is 2.94. The largest absolute Gasteiger partial charge is 0.378 e. The molecule has 2 rings (SSSR count). The molecule has 0 aromatic heterocycles. The third kappa shape index (κ3) is 3.28. The minimum Gasteiger partial charge on any atom is -0.378 e. The van der Waals surface area contributed by atoms with Gasteiger partial charge in [0.2, 0.25) is 0 Å². The topological polar surface area (TPSA) is 47.3 Å². The van der Waals surface area contributed by atoms with Gasteiger partial charge in [-0.2, -0.15) is 0 Å². The molecule has 3 N–H and O–H groups in total. The standard InChI is InChI=1S/C16H26N2O/c1-4-15(3)11-16(12-17,9-10-19-15)18-14-7-5-13(2)6-8-14/h5-8,18H,4,9-12,17H2,1-3H3. The van der Waals surface area contributed by atoms with Crippen LogP contribution in [0, 0.1) is 6.92 Å². The van der Waals surface area contributed by atoms with Gasteiger partial charge in [-0.05, 0) is 38.8 Å². The first-order chi connectivity index (χ1) is 9.01. The van der Waals surface area contributed by atoms with Crippen molar-refractivity contribution in [3.63, 3.8) is 0 Å². The van der Waals surface area contributed by atoms with Gasteiger partial charge in [-0.1, -0.05) is 24.6 Å². The van der Waals surface area contributed by atoms with Crippen LogP contribution in [0.1, 0.15) is 38.7 Å². The Hall–Kier alpha value is -1.06. The van der Waals surface area contributed by atoms with E-state index in [1.807, 2.05) is 0 Å². The van der Waals surface area contributed by atoms with Crippen LogP contribution in [0.4, 0.5) is 5.69 Å². The molecule has 1 saturated heterocycles. The van der Waals surface area contributed by atoms with Crippen LogP contribution in [0.3, 0.4) is 0 Å². The Labute approximate surface area is 116 Å². The fourth-order valence-electron chi connectivity index (χ4n) is 2.85. The van der Waals surface area contributed by atoms with Gasteiger partial charge in [0.15, 0.2) is 0 Å². The van der Waals surface area contributed by atoms with Crippen molar-refractivity contribution in [2.24, 2.45) is 5.73 Å². The summed E-state index contributed by atoms with van der Waals surface area (Å²) < 4.78 is 5.93. The third-order valence-electron chi connectivity index (χ3n) is 4.34. The molecule has 0 amide bonds. The molecule has 0 saturated carbocycles. The molecule has 0 spiro atoms. The van der Waals surface area contributed by atoms with Crippen molar-refractivity contribution in [1.29, 1.82) is 0 Å². The van der Waals surface area contributed by atoms with E-state index in [4.69, 9.17) is 10.5 Å². The smallest absolute Gasteiger partial charge is 0.0674 e. The molecule has 1 fully saturated rings. The molecule has 2 unspecified atom stereocenters. The highest BCUT2D eigenvalue weighted by molar-refractivity contribution is 5.47. The van der Waals surface area contributed by atoms with E-state index in [1.165, 1.54) is 5.56 Å². The number of nitrogens with one attached hydrogen (secondary N) is 1. The van der Waals surface area contributed by atoms with Crippen molar-refractivity contribution in [2.45, 2.75) is 51.2 Å². The zero-order chi connectivity index (χ0) is 13.9. The van der Waals surface area contributed by atoms with Crippen molar-refractivity contribution in [3.05, 3.63) is 29.8 Å². The maximum atomic E-state index is 6.07. The molecule has 0 radical (unpaired) electrons. The maximum Gasteiger partial charge on any atom is 0.0674 e. The first-order valence-electron chi connectivity index (χ1n) is 7.20.